The molecule has 0 fully saturated rings. The summed E-state index contributed by atoms with van der Waals surface area (Å²) >= 11 is 0. The number of phenolic OH excluding ortho intramolecular Hbond substituents is 2. The summed E-state index contributed by atoms with van der Waals surface area (Å²) in [6.07, 6.45) is 0. The molecule has 4 rings (SSSR count). The molecule has 25 heavy (non-hydrogen) atoms. The van der Waals surface area contributed by atoms with E-state index in [2.05, 4.69) is 0 Å². The molecular formula is C21H14O4. The zero-order valence-corrected chi connectivity index (χ0v) is 13.1. The summed E-state index contributed by atoms with van der Waals surface area (Å²) in [6, 6.07) is 18.9. The van der Waals surface area contributed by atoms with Crippen LogP contribution >= 0.6 is 0 Å². The Labute approximate surface area is 143 Å². The average Bonchev–Trinajstić information content (AvgIpc) is 2.62. The Kier molecular flexibility index (Phi) is 3.32. The van der Waals surface area contributed by atoms with Crippen molar-refractivity contribution in [3.8, 4) is 22.6 Å². The van der Waals surface area contributed by atoms with Crippen molar-refractivity contribution in [1.29, 1.82) is 0 Å². The number of phenols is 2. The molecule has 0 aromatic heterocycles. The molecular weight excluding hydrogens is 316 g/mol. The van der Waals surface area contributed by atoms with E-state index in [1.807, 2.05) is 24.3 Å². The van der Waals surface area contributed by atoms with Crippen LogP contribution in [-0.4, -0.2) is 21.3 Å². The molecule has 4 aromatic carbocycles. The van der Waals surface area contributed by atoms with E-state index in [4.69, 9.17) is 0 Å². The number of hydrogen-bond acceptors (Lipinski definition) is 3. The fourth-order valence-electron chi connectivity index (χ4n) is 3.32. The van der Waals surface area contributed by atoms with Crippen LogP contribution in [0.2, 0.25) is 0 Å². The fourth-order valence-corrected chi connectivity index (χ4v) is 3.32. The van der Waals surface area contributed by atoms with E-state index < -0.39 is 5.97 Å². The first-order valence-corrected chi connectivity index (χ1v) is 7.77. The van der Waals surface area contributed by atoms with Gasteiger partial charge in [-0.05, 0) is 45.8 Å². The van der Waals surface area contributed by atoms with E-state index in [-0.39, 0.29) is 17.1 Å². The predicted molar refractivity (Wildman–Crippen MR) is 97.2 cm³/mol. The van der Waals surface area contributed by atoms with Crippen molar-refractivity contribution >= 4 is 27.5 Å². The van der Waals surface area contributed by atoms with E-state index in [9.17, 15) is 20.1 Å². The first kappa shape index (κ1) is 15.0. The highest BCUT2D eigenvalue weighted by molar-refractivity contribution is 6.13. The van der Waals surface area contributed by atoms with E-state index in [1.54, 1.807) is 30.3 Å². The summed E-state index contributed by atoms with van der Waals surface area (Å²) < 4.78 is 0. The van der Waals surface area contributed by atoms with Crippen molar-refractivity contribution in [2.24, 2.45) is 0 Å². The maximum absolute atomic E-state index is 11.5. The van der Waals surface area contributed by atoms with Crippen LogP contribution in [0.3, 0.4) is 0 Å². The van der Waals surface area contributed by atoms with Crippen molar-refractivity contribution in [3.05, 3.63) is 72.3 Å². The minimum absolute atomic E-state index is 0.0123. The monoisotopic (exact) mass is 330 g/mol. The summed E-state index contributed by atoms with van der Waals surface area (Å²) in [5.41, 5.74) is 1.07. The number of carboxylic acids is 1. The van der Waals surface area contributed by atoms with Crippen LogP contribution in [0, 0.1) is 0 Å². The number of aromatic carboxylic acids is 1. The lowest BCUT2D eigenvalue weighted by molar-refractivity contribution is 0.0699. The van der Waals surface area contributed by atoms with Crippen molar-refractivity contribution in [3.63, 3.8) is 0 Å². The zero-order valence-electron chi connectivity index (χ0n) is 13.1. The predicted octanol–water partition coefficient (Wildman–Crippen LogP) is 4.77. The molecule has 3 N–H and O–H groups in total. The molecule has 0 unspecified atom stereocenters. The molecule has 0 heterocycles. The number of fused-ring (bicyclic) bond motifs is 2. The number of carbonyl (C=O) groups is 1. The van der Waals surface area contributed by atoms with Gasteiger partial charge < -0.3 is 15.3 Å². The molecule has 0 saturated carbocycles. The summed E-state index contributed by atoms with van der Waals surface area (Å²) in [4.78, 5) is 11.5. The van der Waals surface area contributed by atoms with Gasteiger partial charge in [-0.1, -0.05) is 42.5 Å². The number of aromatic hydroxyl groups is 2. The van der Waals surface area contributed by atoms with E-state index >= 15 is 0 Å². The lowest BCUT2D eigenvalue weighted by atomic mass is 9.91. The molecule has 4 nitrogen and oxygen atoms in total. The molecule has 4 heteroatoms. The smallest absolute Gasteiger partial charge is 0.336 e. The van der Waals surface area contributed by atoms with Crippen LogP contribution in [0.1, 0.15) is 10.4 Å². The lowest BCUT2D eigenvalue weighted by Crippen LogP contribution is -1.98. The Morgan fingerprint density at radius 1 is 0.640 bits per heavy atom. The van der Waals surface area contributed by atoms with Gasteiger partial charge in [-0.3, -0.25) is 0 Å². The topological polar surface area (TPSA) is 77.8 Å². The molecule has 0 aliphatic heterocycles. The summed E-state index contributed by atoms with van der Waals surface area (Å²) in [5, 5.41) is 33.2. The number of hydrogen-bond donors (Lipinski definition) is 3. The summed E-state index contributed by atoms with van der Waals surface area (Å²) in [7, 11) is 0. The quantitative estimate of drug-likeness (QED) is 0.495. The lowest BCUT2D eigenvalue weighted by Gasteiger charge is -2.15. The Morgan fingerprint density at radius 2 is 1.28 bits per heavy atom. The van der Waals surface area contributed by atoms with Gasteiger partial charge >= 0.3 is 5.97 Å². The molecule has 0 aliphatic rings. The normalized spacial score (nSPS) is 11.0. The Morgan fingerprint density at radius 3 is 2.04 bits per heavy atom. The van der Waals surface area contributed by atoms with Gasteiger partial charge in [0.25, 0.3) is 0 Å². The largest absolute Gasteiger partial charge is 0.507 e. The van der Waals surface area contributed by atoms with Crippen molar-refractivity contribution < 1.29 is 20.1 Å². The molecule has 4 aromatic rings. The second-order valence-electron chi connectivity index (χ2n) is 5.85. The van der Waals surface area contributed by atoms with Gasteiger partial charge in [-0.15, -0.1) is 0 Å². The standard InChI is InChI=1S/C21H14O4/c22-17-10-8-12-4-1-2-5-13(12)19(17)20-15-6-3-7-16(21(24)25)14(15)9-11-18(20)23/h1-11,22-23H,(H,24,25). The number of rotatable bonds is 2. The summed E-state index contributed by atoms with van der Waals surface area (Å²) in [6.45, 7) is 0. The molecule has 0 aliphatic carbocycles. The molecule has 0 radical (unpaired) electrons. The zero-order chi connectivity index (χ0) is 17.6. The molecule has 0 saturated heterocycles. The average molecular weight is 330 g/mol. The van der Waals surface area contributed by atoms with Crippen LogP contribution in [0.15, 0.2) is 66.7 Å². The molecule has 0 bridgehead atoms. The highest BCUT2D eigenvalue weighted by atomic mass is 16.4. The van der Waals surface area contributed by atoms with Gasteiger partial charge in [0, 0.05) is 11.1 Å². The highest BCUT2D eigenvalue weighted by Crippen LogP contribution is 2.44. The molecule has 122 valence electrons. The molecule has 0 spiro atoms. The first-order chi connectivity index (χ1) is 12.1. The third-order valence-corrected chi connectivity index (χ3v) is 4.43. The third kappa shape index (κ3) is 2.27. The van der Waals surface area contributed by atoms with Crippen LogP contribution in [-0.2, 0) is 0 Å². The van der Waals surface area contributed by atoms with Gasteiger partial charge in [0.15, 0.2) is 0 Å². The Bertz CT molecular complexity index is 1150. The van der Waals surface area contributed by atoms with Crippen LogP contribution in [0.5, 0.6) is 11.5 Å². The second-order valence-corrected chi connectivity index (χ2v) is 5.85. The van der Waals surface area contributed by atoms with Gasteiger partial charge in [-0.25, -0.2) is 4.79 Å². The molecule has 0 atom stereocenters. The van der Waals surface area contributed by atoms with Crippen LogP contribution < -0.4 is 0 Å². The Hall–Kier alpha value is -3.53. The minimum atomic E-state index is -1.04. The number of carboxylic acid groups (broad SMARTS) is 1. The fraction of sp³-hybridized carbons (Fsp3) is 0. The van der Waals surface area contributed by atoms with Crippen LogP contribution in [0.4, 0.5) is 0 Å². The van der Waals surface area contributed by atoms with E-state index in [0.717, 1.165) is 10.8 Å². The maximum atomic E-state index is 11.5. The van der Waals surface area contributed by atoms with Gasteiger partial charge in [0.05, 0.1) is 5.56 Å². The van der Waals surface area contributed by atoms with Gasteiger partial charge in [0.1, 0.15) is 11.5 Å². The van der Waals surface area contributed by atoms with Crippen molar-refractivity contribution in [1.82, 2.24) is 0 Å². The summed E-state index contributed by atoms with van der Waals surface area (Å²) in [5.74, 6) is -1.02. The number of benzene rings is 4. The first-order valence-electron chi connectivity index (χ1n) is 7.77. The maximum Gasteiger partial charge on any atom is 0.336 e. The SMILES string of the molecule is O=C(O)c1cccc2c(-c3c(O)ccc4ccccc34)c(O)ccc12. The van der Waals surface area contributed by atoms with Gasteiger partial charge in [-0.2, -0.15) is 0 Å². The second kappa shape index (κ2) is 5.53. The van der Waals surface area contributed by atoms with Crippen molar-refractivity contribution in [2.45, 2.75) is 0 Å². The minimum Gasteiger partial charge on any atom is -0.507 e. The highest BCUT2D eigenvalue weighted by Gasteiger charge is 2.18. The van der Waals surface area contributed by atoms with E-state index in [1.165, 1.54) is 12.1 Å². The van der Waals surface area contributed by atoms with Crippen LogP contribution in [0.25, 0.3) is 32.7 Å². The molecule has 0 amide bonds. The third-order valence-electron chi connectivity index (χ3n) is 4.43. The Balaban J connectivity index is 2.19. The van der Waals surface area contributed by atoms with E-state index in [0.29, 0.717) is 21.9 Å². The van der Waals surface area contributed by atoms with Crippen molar-refractivity contribution in [2.75, 3.05) is 0 Å². The van der Waals surface area contributed by atoms with Gasteiger partial charge in [0.2, 0.25) is 0 Å².